The molecule has 3 N–H and O–H groups in total. The van der Waals surface area contributed by atoms with Gasteiger partial charge in [0, 0.05) is 19.4 Å². The zero-order valence-electron chi connectivity index (χ0n) is 28.4. The molecule has 1 amide bonds. The average molecular weight is 650 g/mol. The van der Waals surface area contributed by atoms with Crippen LogP contribution in [0.1, 0.15) is 174 Å². The molecule has 0 bridgehead atoms. The molecule has 0 spiro atoms. The van der Waals surface area contributed by atoms with Crippen molar-refractivity contribution in [1.82, 2.24) is 5.32 Å². The number of hydrogen-bond donors (Lipinski definition) is 3. The summed E-state index contributed by atoms with van der Waals surface area (Å²) < 4.78 is 26.6. The number of ether oxygens (including phenoxy) is 1. The molecule has 0 aliphatic heterocycles. The van der Waals surface area contributed by atoms with Crippen molar-refractivity contribution in [1.29, 1.82) is 0 Å². The van der Waals surface area contributed by atoms with Crippen molar-refractivity contribution in [3.8, 4) is 0 Å². The topological polar surface area (TPSA) is 131 Å². The number of rotatable bonds is 34. The lowest BCUT2D eigenvalue weighted by Gasteiger charge is -2.15. The van der Waals surface area contributed by atoms with Crippen LogP contribution in [0.25, 0.3) is 0 Å². The zero-order valence-corrected chi connectivity index (χ0v) is 29.3. The SMILES string of the molecule is CCCCCCCCCCCCCCCCCCCC(=O)NCCOP(=O)(O)OCC(O)COC(=O)CCCCCCCC. The average Bonchev–Trinajstić information content (AvgIpc) is 3.00. The summed E-state index contributed by atoms with van der Waals surface area (Å²) >= 11 is 0. The van der Waals surface area contributed by atoms with Gasteiger partial charge in [0.2, 0.25) is 5.91 Å². The number of carbonyl (C=O) groups is 2. The Kier molecular flexibility index (Phi) is 31.3. The molecule has 0 aromatic rings. The van der Waals surface area contributed by atoms with Gasteiger partial charge in [-0.05, 0) is 12.8 Å². The van der Waals surface area contributed by atoms with Gasteiger partial charge in [0.1, 0.15) is 12.7 Å². The second-order valence-electron chi connectivity index (χ2n) is 12.2. The van der Waals surface area contributed by atoms with Gasteiger partial charge in [-0.15, -0.1) is 0 Å². The summed E-state index contributed by atoms with van der Waals surface area (Å²) in [4.78, 5) is 33.5. The highest BCUT2D eigenvalue weighted by molar-refractivity contribution is 7.47. The number of phosphoric acid groups is 1. The van der Waals surface area contributed by atoms with E-state index in [1.807, 2.05) is 0 Å². The molecule has 44 heavy (non-hydrogen) atoms. The second kappa shape index (κ2) is 32.0. The van der Waals surface area contributed by atoms with Crippen LogP contribution in [0, 0.1) is 0 Å². The minimum absolute atomic E-state index is 0.0876. The third kappa shape index (κ3) is 32.4. The van der Waals surface area contributed by atoms with Crippen molar-refractivity contribution in [2.45, 2.75) is 180 Å². The first kappa shape index (κ1) is 43.0. The minimum Gasteiger partial charge on any atom is -0.463 e. The standard InChI is InChI=1S/C34H68NO8P/c1-3-5-7-9-11-12-13-14-15-16-17-18-19-20-21-22-24-26-33(37)35-28-29-42-44(39,40)43-31-32(36)30-41-34(38)27-25-23-10-8-6-4-2/h32,36H,3-31H2,1-2H3,(H,35,37)(H,39,40). The predicted molar refractivity (Wildman–Crippen MR) is 178 cm³/mol. The smallest absolute Gasteiger partial charge is 0.463 e. The van der Waals surface area contributed by atoms with Gasteiger partial charge in [-0.25, -0.2) is 4.57 Å². The van der Waals surface area contributed by atoms with Crippen LogP contribution in [0.15, 0.2) is 0 Å². The van der Waals surface area contributed by atoms with Crippen molar-refractivity contribution in [2.75, 3.05) is 26.4 Å². The lowest BCUT2D eigenvalue weighted by molar-refractivity contribution is -0.147. The van der Waals surface area contributed by atoms with E-state index in [1.165, 1.54) is 103 Å². The molecule has 0 aromatic heterocycles. The van der Waals surface area contributed by atoms with Gasteiger partial charge in [-0.2, -0.15) is 0 Å². The number of aliphatic hydroxyl groups is 1. The van der Waals surface area contributed by atoms with E-state index in [0.717, 1.165) is 44.9 Å². The summed E-state index contributed by atoms with van der Waals surface area (Å²) in [5.74, 6) is -0.519. The number of hydrogen-bond acceptors (Lipinski definition) is 7. The van der Waals surface area contributed by atoms with Crippen LogP contribution in [-0.4, -0.2) is 54.3 Å². The molecular formula is C34H68NO8P. The maximum Gasteiger partial charge on any atom is 0.472 e. The molecule has 0 heterocycles. The van der Waals surface area contributed by atoms with Crippen LogP contribution in [0.5, 0.6) is 0 Å². The fourth-order valence-electron chi connectivity index (χ4n) is 5.03. The summed E-state index contributed by atoms with van der Waals surface area (Å²) in [6.45, 7) is 3.48. The Labute approximate surface area is 269 Å². The molecule has 262 valence electrons. The molecular weight excluding hydrogens is 581 g/mol. The molecule has 0 saturated heterocycles. The summed E-state index contributed by atoms with van der Waals surface area (Å²) in [5.41, 5.74) is 0. The quantitative estimate of drug-likeness (QED) is 0.0358. The van der Waals surface area contributed by atoms with Gasteiger partial charge in [0.05, 0.1) is 13.2 Å². The predicted octanol–water partition coefficient (Wildman–Crippen LogP) is 8.93. The van der Waals surface area contributed by atoms with E-state index in [2.05, 4.69) is 19.2 Å². The van der Waals surface area contributed by atoms with Crippen molar-refractivity contribution in [3.63, 3.8) is 0 Å². The molecule has 0 aromatic carbocycles. The fourth-order valence-corrected chi connectivity index (χ4v) is 5.78. The van der Waals surface area contributed by atoms with Crippen LogP contribution in [0.2, 0.25) is 0 Å². The molecule has 0 aliphatic rings. The van der Waals surface area contributed by atoms with Crippen molar-refractivity contribution >= 4 is 19.7 Å². The van der Waals surface area contributed by atoms with E-state index >= 15 is 0 Å². The minimum atomic E-state index is -4.39. The zero-order chi connectivity index (χ0) is 32.6. The number of aliphatic hydroxyl groups excluding tert-OH is 1. The molecule has 0 saturated carbocycles. The molecule has 10 heteroatoms. The molecule has 0 radical (unpaired) electrons. The van der Waals surface area contributed by atoms with Crippen molar-refractivity contribution in [3.05, 3.63) is 0 Å². The summed E-state index contributed by atoms with van der Waals surface area (Å²) in [5, 5.41) is 12.5. The van der Waals surface area contributed by atoms with E-state index in [-0.39, 0.29) is 32.1 Å². The largest absolute Gasteiger partial charge is 0.472 e. The van der Waals surface area contributed by atoms with E-state index < -0.39 is 26.5 Å². The maximum atomic E-state index is 12.0. The monoisotopic (exact) mass is 649 g/mol. The Hall–Kier alpha value is -0.990. The number of carbonyl (C=O) groups excluding carboxylic acids is 2. The third-order valence-corrected chi connectivity index (χ3v) is 8.77. The summed E-state index contributed by atoms with van der Waals surface area (Å²) in [6.07, 6.45) is 27.8. The number of amides is 1. The maximum absolute atomic E-state index is 12.0. The second-order valence-corrected chi connectivity index (χ2v) is 13.7. The Morgan fingerprint density at radius 3 is 1.48 bits per heavy atom. The molecule has 0 rings (SSSR count). The van der Waals surface area contributed by atoms with Gasteiger partial charge in [0.15, 0.2) is 0 Å². The Bertz CT molecular complexity index is 709. The van der Waals surface area contributed by atoms with Crippen molar-refractivity contribution < 1.29 is 37.9 Å². The van der Waals surface area contributed by atoms with E-state index in [0.29, 0.717) is 6.42 Å². The number of phosphoric ester groups is 1. The number of nitrogens with one attached hydrogen (secondary N) is 1. The van der Waals surface area contributed by atoms with Crippen LogP contribution in [-0.2, 0) is 27.9 Å². The fraction of sp³-hybridized carbons (Fsp3) is 0.941. The Morgan fingerprint density at radius 1 is 0.614 bits per heavy atom. The Balaban J connectivity index is 3.55. The normalized spacial score (nSPS) is 13.5. The van der Waals surface area contributed by atoms with Gasteiger partial charge in [-0.3, -0.25) is 18.6 Å². The van der Waals surface area contributed by atoms with Crippen LogP contribution >= 0.6 is 7.82 Å². The Morgan fingerprint density at radius 2 is 1.02 bits per heavy atom. The van der Waals surface area contributed by atoms with Crippen molar-refractivity contribution in [2.24, 2.45) is 0 Å². The van der Waals surface area contributed by atoms with Gasteiger partial charge in [-0.1, -0.05) is 149 Å². The van der Waals surface area contributed by atoms with Gasteiger partial charge < -0.3 is 20.1 Å². The number of unbranched alkanes of at least 4 members (excludes halogenated alkanes) is 21. The van der Waals surface area contributed by atoms with Gasteiger partial charge >= 0.3 is 13.8 Å². The van der Waals surface area contributed by atoms with Crippen LogP contribution in [0.4, 0.5) is 0 Å². The molecule has 0 aliphatic carbocycles. The molecule has 2 unspecified atom stereocenters. The summed E-state index contributed by atoms with van der Waals surface area (Å²) in [6, 6.07) is 0. The van der Waals surface area contributed by atoms with E-state index in [9.17, 15) is 24.2 Å². The van der Waals surface area contributed by atoms with E-state index in [4.69, 9.17) is 13.8 Å². The first-order valence-corrected chi connectivity index (χ1v) is 19.5. The molecule has 0 fully saturated rings. The molecule has 2 atom stereocenters. The third-order valence-electron chi connectivity index (χ3n) is 7.79. The van der Waals surface area contributed by atoms with Crippen LogP contribution in [0.3, 0.4) is 0 Å². The first-order chi connectivity index (χ1) is 21.3. The van der Waals surface area contributed by atoms with Gasteiger partial charge in [0.25, 0.3) is 0 Å². The highest BCUT2D eigenvalue weighted by Gasteiger charge is 2.23. The lowest BCUT2D eigenvalue weighted by atomic mass is 10.0. The van der Waals surface area contributed by atoms with Crippen LogP contribution < -0.4 is 5.32 Å². The highest BCUT2D eigenvalue weighted by atomic mass is 31.2. The lowest BCUT2D eigenvalue weighted by Crippen LogP contribution is -2.27. The first-order valence-electron chi connectivity index (χ1n) is 18.0. The molecule has 9 nitrogen and oxygen atoms in total. The number of esters is 1. The van der Waals surface area contributed by atoms with E-state index in [1.54, 1.807) is 0 Å². The summed E-state index contributed by atoms with van der Waals surface area (Å²) in [7, 11) is -4.39. The highest BCUT2D eigenvalue weighted by Crippen LogP contribution is 2.42.